The van der Waals surface area contributed by atoms with Crippen molar-refractivity contribution >= 4 is 33.2 Å². The Balaban J connectivity index is 1.71. The topological polar surface area (TPSA) is 84.9 Å². The normalized spacial score (nSPS) is 17.6. The number of methoxy groups -OCH3 is 2. The maximum atomic E-state index is 13.0. The Hall–Kier alpha value is -2.29. The molecule has 1 N–H and O–H groups in total. The van der Waals surface area contributed by atoms with E-state index >= 15 is 0 Å². The van der Waals surface area contributed by atoms with E-state index < -0.39 is 15.9 Å². The Morgan fingerprint density at radius 2 is 1.86 bits per heavy atom. The number of rotatable bonds is 6. The molecular weight excluding hydrogens is 416 g/mol. The van der Waals surface area contributed by atoms with Crippen LogP contribution in [0.25, 0.3) is 0 Å². The second-order valence-electron chi connectivity index (χ2n) is 6.72. The monoisotopic (exact) mass is 438 g/mol. The number of amides is 1. The minimum absolute atomic E-state index is 0.0829. The number of anilines is 1. The lowest BCUT2D eigenvalue weighted by Gasteiger charge is -2.31. The number of benzene rings is 2. The number of nitrogens with one attached hydrogen (secondary N) is 1. The number of piperidine rings is 1. The molecule has 2 aromatic carbocycles. The molecule has 1 atom stereocenters. The summed E-state index contributed by atoms with van der Waals surface area (Å²) in [6.07, 6.45) is 1.22. The van der Waals surface area contributed by atoms with Gasteiger partial charge in [0.05, 0.1) is 30.1 Å². The van der Waals surface area contributed by atoms with Gasteiger partial charge in [-0.2, -0.15) is 4.31 Å². The van der Waals surface area contributed by atoms with E-state index in [1.165, 1.54) is 29.6 Å². The highest BCUT2D eigenvalue weighted by Gasteiger charge is 2.33. The van der Waals surface area contributed by atoms with E-state index in [1.54, 1.807) is 31.4 Å². The average Bonchev–Trinajstić information content (AvgIpc) is 2.74. The number of carbonyl (C=O) groups is 1. The van der Waals surface area contributed by atoms with E-state index in [4.69, 9.17) is 21.1 Å². The van der Waals surface area contributed by atoms with Gasteiger partial charge in [0.15, 0.2) is 0 Å². The third kappa shape index (κ3) is 4.83. The average molecular weight is 439 g/mol. The summed E-state index contributed by atoms with van der Waals surface area (Å²) < 4.78 is 37.6. The van der Waals surface area contributed by atoms with Crippen LogP contribution in [0.15, 0.2) is 47.4 Å². The summed E-state index contributed by atoms with van der Waals surface area (Å²) in [4.78, 5) is 12.8. The number of sulfonamides is 1. The zero-order valence-corrected chi connectivity index (χ0v) is 17.8. The van der Waals surface area contributed by atoms with Gasteiger partial charge in [0.25, 0.3) is 0 Å². The fourth-order valence-corrected chi connectivity index (χ4v) is 5.12. The zero-order valence-electron chi connectivity index (χ0n) is 16.2. The van der Waals surface area contributed by atoms with Crippen molar-refractivity contribution in [3.8, 4) is 11.5 Å². The first kappa shape index (κ1) is 21.4. The minimum Gasteiger partial charge on any atom is -0.497 e. The summed E-state index contributed by atoms with van der Waals surface area (Å²) in [6.45, 7) is 0.478. The lowest BCUT2D eigenvalue weighted by molar-refractivity contribution is -0.120. The highest BCUT2D eigenvalue weighted by molar-refractivity contribution is 7.89. The fourth-order valence-electron chi connectivity index (χ4n) is 3.25. The first-order valence-electron chi connectivity index (χ1n) is 9.13. The second-order valence-corrected chi connectivity index (χ2v) is 9.06. The second kappa shape index (κ2) is 9.02. The van der Waals surface area contributed by atoms with Crippen molar-refractivity contribution in [2.45, 2.75) is 17.7 Å². The fraction of sp³-hybridized carbons (Fsp3) is 0.350. The Labute approximate surface area is 175 Å². The van der Waals surface area contributed by atoms with Crippen LogP contribution in [0.3, 0.4) is 0 Å². The van der Waals surface area contributed by atoms with Crippen LogP contribution >= 0.6 is 11.6 Å². The van der Waals surface area contributed by atoms with Crippen LogP contribution in [-0.4, -0.2) is 45.9 Å². The maximum Gasteiger partial charge on any atom is 0.243 e. The van der Waals surface area contributed by atoms with Gasteiger partial charge in [0.1, 0.15) is 11.5 Å². The van der Waals surface area contributed by atoms with E-state index in [0.29, 0.717) is 36.6 Å². The SMILES string of the molecule is COc1ccc(NC(=O)C2CCCN(S(=O)(=O)c3ccc(OC)c(Cl)c3)C2)cc1. The van der Waals surface area contributed by atoms with Gasteiger partial charge in [0.2, 0.25) is 15.9 Å². The lowest BCUT2D eigenvalue weighted by atomic mass is 9.99. The number of halogens is 1. The molecule has 1 fully saturated rings. The van der Waals surface area contributed by atoms with E-state index in [9.17, 15) is 13.2 Å². The Bertz CT molecular complexity index is 979. The van der Waals surface area contributed by atoms with Crippen LogP contribution < -0.4 is 14.8 Å². The lowest BCUT2D eigenvalue weighted by Crippen LogP contribution is -2.43. The number of nitrogens with zero attached hydrogens (tertiary/aromatic N) is 1. The molecule has 1 aliphatic heterocycles. The molecule has 1 saturated heterocycles. The van der Waals surface area contributed by atoms with E-state index in [-0.39, 0.29) is 22.4 Å². The Morgan fingerprint density at radius 3 is 2.48 bits per heavy atom. The van der Waals surface area contributed by atoms with E-state index in [1.807, 2.05) is 0 Å². The molecule has 1 aliphatic rings. The smallest absolute Gasteiger partial charge is 0.243 e. The van der Waals surface area contributed by atoms with Crippen molar-refractivity contribution in [2.75, 3.05) is 32.6 Å². The predicted octanol–water partition coefficient (Wildman–Crippen LogP) is 3.40. The van der Waals surface area contributed by atoms with Crippen molar-refractivity contribution < 1.29 is 22.7 Å². The van der Waals surface area contributed by atoms with Crippen molar-refractivity contribution in [3.63, 3.8) is 0 Å². The minimum atomic E-state index is -3.76. The van der Waals surface area contributed by atoms with Crippen molar-refractivity contribution in [2.24, 2.45) is 5.92 Å². The highest BCUT2D eigenvalue weighted by atomic mass is 35.5. The highest BCUT2D eigenvalue weighted by Crippen LogP contribution is 2.30. The standard InChI is InChI=1S/C20H23ClN2O5S/c1-27-16-7-5-15(6-8-16)22-20(24)14-4-3-11-23(13-14)29(25,26)17-9-10-19(28-2)18(21)12-17/h5-10,12,14H,3-4,11,13H2,1-2H3,(H,22,24). The molecule has 156 valence electrons. The van der Waals surface area contributed by atoms with Crippen LogP contribution in [0.4, 0.5) is 5.69 Å². The van der Waals surface area contributed by atoms with Crippen LogP contribution in [0.5, 0.6) is 11.5 Å². The first-order valence-corrected chi connectivity index (χ1v) is 11.0. The molecule has 3 rings (SSSR count). The molecule has 9 heteroatoms. The predicted molar refractivity (Wildman–Crippen MR) is 111 cm³/mol. The van der Waals surface area contributed by atoms with Crippen LogP contribution in [-0.2, 0) is 14.8 Å². The van der Waals surface area contributed by atoms with Crippen LogP contribution in [0, 0.1) is 5.92 Å². The molecule has 2 aromatic rings. The number of ether oxygens (including phenoxy) is 2. The van der Waals surface area contributed by atoms with Crippen molar-refractivity contribution in [3.05, 3.63) is 47.5 Å². The van der Waals surface area contributed by atoms with Gasteiger partial charge < -0.3 is 14.8 Å². The zero-order chi connectivity index (χ0) is 21.0. The summed E-state index contributed by atoms with van der Waals surface area (Å²) in [5, 5.41) is 3.07. The summed E-state index contributed by atoms with van der Waals surface area (Å²) in [5.41, 5.74) is 0.637. The van der Waals surface area contributed by atoms with Crippen LogP contribution in [0.1, 0.15) is 12.8 Å². The molecule has 0 bridgehead atoms. The summed E-state index contributed by atoms with van der Waals surface area (Å²) in [6, 6.07) is 11.3. The molecule has 1 heterocycles. The van der Waals surface area contributed by atoms with E-state index in [0.717, 1.165) is 0 Å². The molecule has 1 unspecified atom stereocenters. The number of hydrogen-bond acceptors (Lipinski definition) is 5. The molecule has 0 aliphatic carbocycles. The molecular formula is C20H23ClN2O5S. The van der Waals surface area contributed by atoms with Gasteiger partial charge in [-0.1, -0.05) is 11.6 Å². The molecule has 7 nitrogen and oxygen atoms in total. The largest absolute Gasteiger partial charge is 0.497 e. The summed E-state index contributed by atoms with van der Waals surface area (Å²) in [7, 11) is -0.727. The number of hydrogen-bond donors (Lipinski definition) is 1. The Kier molecular flexibility index (Phi) is 6.66. The summed E-state index contributed by atoms with van der Waals surface area (Å²) >= 11 is 6.08. The molecule has 0 spiro atoms. The van der Waals surface area contributed by atoms with Gasteiger partial charge in [0, 0.05) is 18.8 Å². The van der Waals surface area contributed by atoms with Gasteiger partial charge in [-0.3, -0.25) is 4.79 Å². The third-order valence-electron chi connectivity index (χ3n) is 4.87. The third-order valence-corrected chi connectivity index (χ3v) is 7.03. The van der Waals surface area contributed by atoms with Crippen molar-refractivity contribution in [1.82, 2.24) is 4.31 Å². The molecule has 1 amide bonds. The molecule has 0 saturated carbocycles. The van der Waals surface area contributed by atoms with Crippen LogP contribution in [0.2, 0.25) is 5.02 Å². The van der Waals surface area contributed by atoms with Gasteiger partial charge in [-0.05, 0) is 55.3 Å². The van der Waals surface area contributed by atoms with Gasteiger partial charge in [-0.25, -0.2) is 8.42 Å². The Morgan fingerprint density at radius 1 is 1.14 bits per heavy atom. The van der Waals surface area contributed by atoms with Gasteiger partial charge in [-0.15, -0.1) is 0 Å². The van der Waals surface area contributed by atoms with Crippen molar-refractivity contribution in [1.29, 1.82) is 0 Å². The number of carbonyl (C=O) groups excluding carboxylic acids is 1. The molecule has 0 aromatic heterocycles. The molecule has 29 heavy (non-hydrogen) atoms. The van der Waals surface area contributed by atoms with Gasteiger partial charge >= 0.3 is 0 Å². The quantitative estimate of drug-likeness (QED) is 0.747. The summed E-state index contributed by atoms with van der Waals surface area (Å²) in [5.74, 6) is 0.453. The van der Waals surface area contributed by atoms with E-state index in [2.05, 4.69) is 5.32 Å². The first-order chi connectivity index (χ1) is 13.8. The maximum absolute atomic E-state index is 13.0. The molecule has 0 radical (unpaired) electrons.